The van der Waals surface area contributed by atoms with Crippen molar-refractivity contribution in [2.45, 2.75) is 25.7 Å². The molecule has 3 N–H and O–H groups in total. The summed E-state index contributed by atoms with van der Waals surface area (Å²) in [5.74, 6) is -1.19. The predicted octanol–water partition coefficient (Wildman–Crippen LogP) is -0.272. The molecule has 2 rings (SSSR count). The first-order chi connectivity index (χ1) is 9.99. The van der Waals surface area contributed by atoms with Crippen molar-refractivity contribution in [2.75, 3.05) is 13.1 Å². The van der Waals surface area contributed by atoms with Crippen molar-refractivity contribution in [2.24, 2.45) is 0 Å². The molecule has 0 aromatic heterocycles. The molecule has 112 valence electrons. The van der Waals surface area contributed by atoms with Gasteiger partial charge in [0.25, 0.3) is 5.91 Å². The fourth-order valence-electron chi connectivity index (χ4n) is 2.48. The standard InChI is InChI=1S/C14H19BN2O4/c1-10-4-6-11(7-5-10)14(19)16-9-13(18)17-8-2-3-12(17)15(20)21/h4-7,12,20-21H,2-3,8-9H2,1H3,(H,16,19). The molecule has 1 atom stereocenters. The van der Waals surface area contributed by atoms with Gasteiger partial charge in [0.1, 0.15) is 0 Å². The van der Waals surface area contributed by atoms with Crippen LogP contribution in [0, 0.1) is 6.92 Å². The summed E-state index contributed by atoms with van der Waals surface area (Å²) in [6, 6.07) is 7.06. The van der Waals surface area contributed by atoms with E-state index in [2.05, 4.69) is 5.32 Å². The second-order valence-electron chi connectivity index (χ2n) is 5.26. The number of nitrogens with zero attached hydrogens (tertiary/aromatic N) is 1. The molecule has 0 aliphatic carbocycles. The Labute approximate surface area is 123 Å². The lowest BCUT2D eigenvalue weighted by molar-refractivity contribution is -0.130. The average molecular weight is 290 g/mol. The number of hydrogen-bond acceptors (Lipinski definition) is 4. The van der Waals surface area contributed by atoms with Gasteiger partial charge in [0.2, 0.25) is 5.91 Å². The summed E-state index contributed by atoms with van der Waals surface area (Å²) in [5, 5.41) is 21.0. The third-order valence-electron chi connectivity index (χ3n) is 3.68. The molecule has 0 bridgehead atoms. The van der Waals surface area contributed by atoms with Crippen LogP contribution in [-0.2, 0) is 4.79 Å². The highest BCUT2D eigenvalue weighted by Gasteiger charge is 2.36. The molecule has 1 fully saturated rings. The van der Waals surface area contributed by atoms with Crippen molar-refractivity contribution >= 4 is 18.9 Å². The summed E-state index contributed by atoms with van der Waals surface area (Å²) in [5.41, 5.74) is 1.55. The minimum absolute atomic E-state index is 0.143. The monoisotopic (exact) mass is 290 g/mol. The summed E-state index contributed by atoms with van der Waals surface area (Å²) in [7, 11) is -1.54. The molecule has 7 heteroatoms. The van der Waals surface area contributed by atoms with E-state index in [-0.39, 0.29) is 18.4 Å². The Bertz CT molecular complexity index is 518. The van der Waals surface area contributed by atoms with Crippen molar-refractivity contribution in [1.29, 1.82) is 0 Å². The number of nitrogens with one attached hydrogen (secondary N) is 1. The predicted molar refractivity (Wildman–Crippen MR) is 78.4 cm³/mol. The number of carbonyl (C=O) groups is 2. The first kappa shape index (κ1) is 15.5. The topological polar surface area (TPSA) is 89.9 Å². The van der Waals surface area contributed by atoms with Crippen LogP contribution in [0.3, 0.4) is 0 Å². The fraction of sp³-hybridized carbons (Fsp3) is 0.429. The van der Waals surface area contributed by atoms with Gasteiger partial charge < -0.3 is 20.3 Å². The molecule has 1 saturated heterocycles. The molecule has 0 spiro atoms. The third-order valence-corrected chi connectivity index (χ3v) is 3.68. The Hall–Kier alpha value is -1.86. The van der Waals surface area contributed by atoms with Crippen molar-refractivity contribution in [3.05, 3.63) is 35.4 Å². The van der Waals surface area contributed by atoms with Gasteiger partial charge in [0.05, 0.1) is 12.5 Å². The Kier molecular flexibility index (Phi) is 4.98. The number of likely N-dealkylation sites (tertiary alicyclic amines) is 1. The maximum atomic E-state index is 12.0. The summed E-state index contributed by atoms with van der Waals surface area (Å²) in [4.78, 5) is 25.4. The molecule has 1 unspecified atom stereocenters. The van der Waals surface area contributed by atoms with Crippen LogP contribution in [0.1, 0.15) is 28.8 Å². The number of hydrogen-bond donors (Lipinski definition) is 3. The highest BCUT2D eigenvalue weighted by molar-refractivity contribution is 6.43. The number of carbonyl (C=O) groups excluding carboxylic acids is 2. The van der Waals surface area contributed by atoms with E-state index < -0.39 is 13.1 Å². The van der Waals surface area contributed by atoms with E-state index in [4.69, 9.17) is 0 Å². The van der Waals surface area contributed by atoms with Crippen LogP contribution in [-0.4, -0.2) is 52.9 Å². The van der Waals surface area contributed by atoms with Gasteiger partial charge in [0, 0.05) is 12.1 Å². The fourth-order valence-corrected chi connectivity index (χ4v) is 2.48. The Balaban J connectivity index is 1.89. The maximum Gasteiger partial charge on any atom is 0.475 e. The highest BCUT2D eigenvalue weighted by Crippen LogP contribution is 2.17. The lowest BCUT2D eigenvalue weighted by Crippen LogP contribution is -2.48. The van der Waals surface area contributed by atoms with Gasteiger partial charge in [-0.25, -0.2) is 0 Å². The number of benzene rings is 1. The average Bonchev–Trinajstić information content (AvgIpc) is 2.95. The molecule has 1 aromatic rings. The Morgan fingerprint density at radius 3 is 2.62 bits per heavy atom. The lowest BCUT2D eigenvalue weighted by Gasteiger charge is -2.24. The minimum atomic E-state index is -1.54. The van der Waals surface area contributed by atoms with Crippen LogP contribution in [0.5, 0.6) is 0 Å². The van der Waals surface area contributed by atoms with Gasteiger partial charge in [0.15, 0.2) is 0 Å². The zero-order valence-electron chi connectivity index (χ0n) is 12.0. The molecule has 1 heterocycles. The van der Waals surface area contributed by atoms with Crippen LogP contribution in [0.15, 0.2) is 24.3 Å². The minimum Gasteiger partial charge on any atom is -0.426 e. The van der Waals surface area contributed by atoms with Crippen LogP contribution < -0.4 is 5.32 Å². The lowest BCUT2D eigenvalue weighted by atomic mass is 9.78. The Morgan fingerprint density at radius 2 is 2.00 bits per heavy atom. The molecule has 0 radical (unpaired) electrons. The first-order valence-electron chi connectivity index (χ1n) is 6.99. The van der Waals surface area contributed by atoms with Crippen molar-refractivity contribution in [3.8, 4) is 0 Å². The molecular formula is C14H19BN2O4. The summed E-state index contributed by atoms with van der Waals surface area (Å²) >= 11 is 0. The van der Waals surface area contributed by atoms with E-state index in [1.165, 1.54) is 4.90 Å². The van der Waals surface area contributed by atoms with Crippen LogP contribution >= 0.6 is 0 Å². The zero-order valence-corrected chi connectivity index (χ0v) is 12.0. The largest absolute Gasteiger partial charge is 0.475 e. The van der Waals surface area contributed by atoms with E-state index >= 15 is 0 Å². The Morgan fingerprint density at radius 1 is 1.33 bits per heavy atom. The molecule has 21 heavy (non-hydrogen) atoms. The van der Waals surface area contributed by atoms with Crippen LogP contribution in [0.25, 0.3) is 0 Å². The normalized spacial score (nSPS) is 17.7. The third kappa shape index (κ3) is 3.83. The SMILES string of the molecule is Cc1ccc(C(=O)NCC(=O)N2CCCC2B(O)O)cc1. The van der Waals surface area contributed by atoms with E-state index in [0.717, 1.165) is 12.0 Å². The van der Waals surface area contributed by atoms with Gasteiger partial charge in [-0.05, 0) is 31.9 Å². The smallest absolute Gasteiger partial charge is 0.426 e. The second-order valence-corrected chi connectivity index (χ2v) is 5.26. The highest BCUT2D eigenvalue weighted by atomic mass is 16.4. The van der Waals surface area contributed by atoms with Crippen molar-refractivity contribution in [3.63, 3.8) is 0 Å². The molecule has 1 aliphatic heterocycles. The summed E-state index contributed by atoms with van der Waals surface area (Å²) < 4.78 is 0. The van der Waals surface area contributed by atoms with Crippen LogP contribution in [0.2, 0.25) is 0 Å². The molecule has 1 aromatic carbocycles. The van der Waals surface area contributed by atoms with E-state index in [1.807, 2.05) is 19.1 Å². The quantitative estimate of drug-likeness (QED) is 0.666. The van der Waals surface area contributed by atoms with Gasteiger partial charge in [-0.15, -0.1) is 0 Å². The number of rotatable bonds is 4. The molecule has 1 aliphatic rings. The number of aryl methyl sites for hydroxylation is 1. The van der Waals surface area contributed by atoms with E-state index in [1.54, 1.807) is 12.1 Å². The molecule has 6 nitrogen and oxygen atoms in total. The zero-order chi connectivity index (χ0) is 15.4. The maximum absolute atomic E-state index is 12.0. The van der Waals surface area contributed by atoms with E-state index in [0.29, 0.717) is 18.5 Å². The van der Waals surface area contributed by atoms with Crippen LogP contribution in [0.4, 0.5) is 0 Å². The second kappa shape index (κ2) is 6.73. The van der Waals surface area contributed by atoms with Gasteiger partial charge in [-0.3, -0.25) is 9.59 Å². The molecule has 2 amide bonds. The number of amides is 2. The molecule has 0 saturated carbocycles. The van der Waals surface area contributed by atoms with E-state index in [9.17, 15) is 19.6 Å². The van der Waals surface area contributed by atoms with Gasteiger partial charge >= 0.3 is 7.12 Å². The van der Waals surface area contributed by atoms with Gasteiger partial charge in [-0.1, -0.05) is 17.7 Å². The summed E-state index contributed by atoms with van der Waals surface area (Å²) in [6.45, 7) is 2.27. The van der Waals surface area contributed by atoms with Crippen molar-refractivity contribution in [1.82, 2.24) is 10.2 Å². The van der Waals surface area contributed by atoms with Gasteiger partial charge in [-0.2, -0.15) is 0 Å². The van der Waals surface area contributed by atoms with Crippen molar-refractivity contribution < 1.29 is 19.6 Å². The summed E-state index contributed by atoms with van der Waals surface area (Å²) in [6.07, 6.45) is 1.30. The molecular weight excluding hydrogens is 271 g/mol. The first-order valence-corrected chi connectivity index (χ1v) is 6.99.